The van der Waals surface area contributed by atoms with E-state index in [4.69, 9.17) is 11.5 Å². The Morgan fingerprint density at radius 2 is 1.92 bits per heavy atom. The van der Waals surface area contributed by atoms with Crippen LogP contribution in [0.15, 0.2) is 45.7 Å². The quantitative estimate of drug-likeness (QED) is 0.504. The van der Waals surface area contributed by atoms with Crippen LogP contribution < -0.4 is 17.0 Å². The highest BCUT2D eigenvalue weighted by Gasteiger charge is 2.23. The smallest absolute Gasteiger partial charge is 0.345 e. The molecule has 0 aliphatic rings. The highest BCUT2D eigenvalue weighted by Crippen LogP contribution is 2.29. The average Bonchev–Trinajstić information content (AvgIpc) is 2.56. The number of anilines is 2. The third kappa shape index (κ3) is 2.74. The van der Waals surface area contributed by atoms with Gasteiger partial charge in [0.25, 0.3) is 5.56 Å². The topological polar surface area (TPSA) is 100 Å². The molecule has 0 radical (unpaired) electrons. The zero-order chi connectivity index (χ0) is 18.3. The zero-order valence-corrected chi connectivity index (χ0v) is 14.6. The number of hydrogen-bond donors (Lipinski definition) is 2. The first kappa shape index (κ1) is 17.0. The fraction of sp³-hybridized carbons (Fsp3) is 0.0588. The van der Waals surface area contributed by atoms with Crippen LogP contribution in [0.2, 0.25) is 0 Å². The number of ether oxygens (including phenoxy) is 1. The molecule has 6 nitrogen and oxygen atoms in total. The third-order valence-electron chi connectivity index (χ3n) is 3.78. The molecule has 25 heavy (non-hydrogen) atoms. The van der Waals surface area contributed by atoms with Crippen molar-refractivity contribution in [1.29, 1.82) is 0 Å². The largest absolute Gasteiger partial charge is 0.465 e. The van der Waals surface area contributed by atoms with Crippen molar-refractivity contribution in [2.45, 2.75) is 0 Å². The number of esters is 1. The first-order valence-electron chi connectivity index (χ1n) is 7.12. The maximum absolute atomic E-state index is 14.5. The summed E-state index contributed by atoms with van der Waals surface area (Å²) in [5.74, 6) is -1.60. The molecule has 2 aromatic carbocycles. The van der Waals surface area contributed by atoms with Gasteiger partial charge in [0.1, 0.15) is 11.4 Å². The summed E-state index contributed by atoms with van der Waals surface area (Å²) >= 11 is 3.32. The Kier molecular flexibility index (Phi) is 4.22. The van der Waals surface area contributed by atoms with Crippen molar-refractivity contribution in [2.75, 3.05) is 18.6 Å². The summed E-state index contributed by atoms with van der Waals surface area (Å²) in [7, 11) is 1.14. The molecule has 0 bridgehead atoms. The van der Waals surface area contributed by atoms with Crippen LogP contribution in [0.5, 0.6) is 0 Å². The highest BCUT2D eigenvalue weighted by molar-refractivity contribution is 9.10. The van der Waals surface area contributed by atoms with Crippen molar-refractivity contribution in [3.63, 3.8) is 0 Å². The summed E-state index contributed by atoms with van der Waals surface area (Å²) in [6.45, 7) is 0. The molecule has 8 heteroatoms. The number of nitrogen functional groups attached to an aromatic ring is 2. The lowest BCUT2D eigenvalue weighted by Gasteiger charge is -2.16. The Bertz CT molecular complexity index is 1080. The predicted octanol–water partition coefficient (Wildman–Crippen LogP) is 2.84. The first-order valence-corrected chi connectivity index (χ1v) is 7.92. The maximum atomic E-state index is 14.5. The van der Waals surface area contributed by atoms with Gasteiger partial charge in [-0.1, -0.05) is 15.9 Å². The Morgan fingerprint density at radius 1 is 1.20 bits per heavy atom. The lowest BCUT2D eigenvalue weighted by Crippen LogP contribution is -2.28. The molecule has 0 fully saturated rings. The summed E-state index contributed by atoms with van der Waals surface area (Å²) in [5.41, 5.74) is 10.9. The van der Waals surface area contributed by atoms with E-state index in [-0.39, 0.29) is 22.6 Å². The molecule has 3 rings (SSSR count). The van der Waals surface area contributed by atoms with E-state index in [9.17, 15) is 14.0 Å². The second-order valence-electron chi connectivity index (χ2n) is 5.29. The molecule has 0 saturated carbocycles. The highest BCUT2D eigenvalue weighted by atomic mass is 79.9. The van der Waals surface area contributed by atoms with Crippen molar-refractivity contribution in [3.05, 3.63) is 62.6 Å². The number of carbonyl (C=O) groups is 1. The SMILES string of the molecule is COC(=O)c1c(N)c2ccc(Br)cc2n(-c2ccc(N)cc2F)c1=O. The van der Waals surface area contributed by atoms with Crippen LogP contribution in [-0.2, 0) is 4.74 Å². The Hall–Kier alpha value is -2.87. The number of nitrogens with zero attached hydrogens (tertiary/aromatic N) is 1. The van der Waals surface area contributed by atoms with E-state index in [0.717, 1.165) is 17.7 Å². The lowest BCUT2D eigenvalue weighted by atomic mass is 10.1. The molecule has 0 unspecified atom stereocenters. The summed E-state index contributed by atoms with van der Waals surface area (Å²) in [5, 5.41) is 0.416. The van der Waals surface area contributed by atoms with Crippen molar-refractivity contribution < 1.29 is 13.9 Å². The van der Waals surface area contributed by atoms with Gasteiger partial charge < -0.3 is 16.2 Å². The molecule has 4 N–H and O–H groups in total. The summed E-state index contributed by atoms with van der Waals surface area (Å²) in [4.78, 5) is 25.0. The van der Waals surface area contributed by atoms with Crippen LogP contribution >= 0.6 is 15.9 Å². The number of nitrogens with two attached hydrogens (primary N) is 2. The number of rotatable bonds is 2. The van der Waals surface area contributed by atoms with Crippen molar-refractivity contribution in [2.24, 2.45) is 0 Å². The molecule has 0 aliphatic heterocycles. The third-order valence-corrected chi connectivity index (χ3v) is 4.27. The van der Waals surface area contributed by atoms with E-state index in [0.29, 0.717) is 15.4 Å². The van der Waals surface area contributed by atoms with E-state index in [1.165, 1.54) is 12.1 Å². The van der Waals surface area contributed by atoms with E-state index >= 15 is 0 Å². The second-order valence-corrected chi connectivity index (χ2v) is 6.21. The van der Waals surface area contributed by atoms with E-state index in [2.05, 4.69) is 20.7 Å². The van der Waals surface area contributed by atoms with Gasteiger partial charge in [0, 0.05) is 15.5 Å². The van der Waals surface area contributed by atoms with Crippen LogP contribution in [-0.4, -0.2) is 17.6 Å². The maximum Gasteiger partial charge on any atom is 0.345 e. The van der Waals surface area contributed by atoms with Crippen LogP contribution in [0.1, 0.15) is 10.4 Å². The monoisotopic (exact) mass is 405 g/mol. The van der Waals surface area contributed by atoms with E-state index < -0.39 is 17.3 Å². The van der Waals surface area contributed by atoms with Gasteiger partial charge >= 0.3 is 5.97 Å². The summed E-state index contributed by atoms with van der Waals surface area (Å²) in [6, 6.07) is 8.87. The number of aromatic nitrogens is 1. The normalized spacial score (nSPS) is 10.8. The lowest BCUT2D eigenvalue weighted by molar-refractivity contribution is 0.0600. The number of hydrogen-bond acceptors (Lipinski definition) is 5. The molecule has 0 atom stereocenters. The molecule has 0 saturated heterocycles. The van der Waals surface area contributed by atoms with Crippen molar-refractivity contribution in [1.82, 2.24) is 4.57 Å². The second kappa shape index (κ2) is 6.21. The van der Waals surface area contributed by atoms with Crippen molar-refractivity contribution >= 4 is 44.2 Å². The molecule has 1 heterocycles. The molecular formula is C17H13BrFN3O3. The van der Waals surface area contributed by atoms with Gasteiger partial charge in [0.15, 0.2) is 0 Å². The van der Waals surface area contributed by atoms with E-state index in [1.54, 1.807) is 18.2 Å². The van der Waals surface area contributed by atoms with Crippen LogP contribution in [0.3, 0.4) is 0 Å². The van der Waals surface area contributed by atoms with Crippen LogP contribution in [0.4, 0.5) is 15.8 Å². The number of carbonyl (C=O) groups excluding carboxylic acids is 1. The minimum absolute atomic E-state index is 0.0218. The van der Waals surface area contributed by atoms with Gasteiger partial charge in [0.2, 0.25) is 0 Å². The average molecular weight is 406 g/mol. The summed E-state index contributed by atoms with van der Waals surface area (Å²) < 4.78 is 20.9. The molecule has 3 aromatic rings. The number of fused-ring (bicyclic) bond motifs is 1. The van der Waals surface area contributed by atoms with Gasteiger partial charge in [0.05, 0.1) is 24.0 Å². The molecular weight excluding hydrogens is 393 g/mol. The fourth-order valence-electron chi connectivity index (χ4n) is 2.63. The van der Waals surface area contributed by atoms with Gasteiger partial charge in [-0.3, -0.25) is 9.36 Å². The minimum Gasteiger partial charge on any atom is -0.465 e. The Labute approximate surface area is 149 Å². The molecule has 1 aromatic heterocycles. The number of pyridine rings is 1. The van der Waals surface area contributed by atoms with Gasteiger partial charge in [-0.25, -0.2) is 9.18 Å². The molecule has 128 valence electrons. The Morgan fingerprint density at radius 3 is 2.56 bits per heavy atom. The van der Waals surface area contributed by atoms with E-state index in [1.807, 2.05) is 0 Å². The van der Waals surface area contributed by atoms with Crippen molar-refractivity contribution in [3.8, 4) is 5.69 Å². The standard InChI is InChI=1S/C17H13BrFN3O3/c1-25-17(24)14-15(21)10-4-2-8(18)6-13(10)22(16(14)23)12-5-3-9(20)7-11(12)19/h2-7H,20-21H2,1H3. The molecule has 0 amide bonds. The summed E-state index contributed by atoms with van der Waals surface area (Å²) in [6.07, 6.45) is 0. The van der Waals surface area contributed by atoms with Gasteiger partial charge in [-0.05, 0) is 36.4 Å². The van der Waals surface area contributed by atoms with Gasteiger partial charge in [-0.15, -0.1) is 0 Å². The molecule has 0 aliphatic carbocycles. The van der Waals surface area contributed by atoms with Crippen LogP contribution in [0, 0.1) is 5.82 Å². The zero-order valence-electron chi connectivity index (χ0n) is 13.0. The number of benzene rings is 2. The predicted molar refractivity (Wildman–Crippen MR) is 97.4 cm³/mol. The first-order chi connectivity index (χ1) is 11.8. The van der Waals surface area contributed by atoms with Crippen LogP contribution in [0.25, 0.3) is 16.6 Å². The fourth-order valence-corrected chi connectivity index (χ4v) is 2.98. The molecule has 0 spiro atoms. The Balaban J connectivity index is 2.54. The minimum atomic E-state index is -0.892. The van der Waals surface area contributed by atoms with Gasteiger partial charge in [-0.2, -0.15) is 0 Å². The number of methoxy groups -OCH3 is 1. The number of halogens is 2.